The molecule has 1 saturated heterocycles. The van der Waals surface area contributed by atoms with Crippen LogP contribution < -0.4 is 0 Å². The van der Waals surface area contributed by atoms with E-state index >= 15 is 0 Å². The van der Waals surface area contributed by atoms with Gasteiger partial charge in [-0.2, -0.15) is 0 Å². The van der Waals surface area contributed by atoms with Crippen LogP contribution in [0.5, 0.6) is 0 Å². The maximum absolute atomic E-state index is 13.0. The normalized spacial score (nSPS) is 16.2. The summed E-state index contributed by atoms with van der Waals surface area (Å²) < 4.78 is 13.0. The molecule has 1 heterocycles. The van der Waals surface area contributed by atoms with E-state index in [1.54, 1.807) is 4.90 Å². The van der Waals surface area contributed by atoms with Gasteiger partial charge in [-0.25, -0.2) is 0 Å². The first-order chi connectivity index (χ1) is 12.1. The molecule has 2 unspecified atom stereocenters. The Hall–Kier alpha value is -2.27. The summed E-state index contributed by atoms with van der Waals surface area (Å²) >= 11 is 0. The fourth-order valence-corrected chi connectivity index (χ4v) is 4.44. The Labute approximate surface area is 150 Å². The number of ketones is 1. The van der Waals surface area contributed by atoms with E-state index in [1.165, 1.54) is 0 Å². The monoisotopic (exact) mass is 355 g/mol. The summed E-state index contributed by atoms with van der Waals surface area (Å²) in [6, 6.07) is 19.2. The van der Waals surface area contributed by atoms with E-state index in [-0.39, 0.29) is 29.9 Å². The first kappa shape index (κ1) is 17.5. The number of hydrogen-bond donors (Lipinski definition) is 0. The predicted octanol–water partition coefficient (Wildman–Crippen LogP) is 2.87. The molecule has 0 radical (unpaired) electrons. The van der Waals surface area contributed by atoms with Crippen LogP contribution in [0.1, 0.15) is 29.2 Å². The minimum atomic E-state index is -1.21. The van der Waals surface area contributed by atoms with Crippen LogP contribution in [-0.4, -0.2) is 33.9 Å². The van der Waals surface area contributed by atoms with Crippen molar-refractivity contribution < 1.29 is 13.8 Å². The average Bonchev–Trinajstić information content (AvgIpc) is 2.64. The molecule has 2 atom stereocenters. The molecule has 4 nitrogen and oxygen atoms in total. The Morgan fingerprint density at radius 1 is 1.04 bits per heavy atom. The summed E-state index contributed by atoms with van der Waals surface area (Å²) in [4.78, 5) is 25.4. The van der Waals surface area contributed by atoms with E-state index in [1.807, 2.05) is 60.7 Å². The maximum Gasteiger partial charge on any atom is 0.224 e. The second kappa shape index (κ2) is 8.21. The Bertz CT molecular complexity index is 761. The van der Waals surface area contributed by atoms with Crippen molar-refractivity contribution in [2.75, 3.05) is 13.1 Å². The van der Waals surface area contributed by atoms with Gasteiger partial charge < -0.3 is 4.90 Å². The third-order valence-corrected chi connectivity index (χ3v) is 6.06. The molecule has 0 bridgehead atoms. The Kier molecular flexibility index (Phi) is 5.76. The fourth-order valence-electron chi connectivity index (χ4n) is 2.88. The first-order valence-electron chi connectivity index (χ1n) is 8.39. The molecule has 1 aliphatic rings. The van der Waals surface area contributed by atoms with E-state index in [4.69, 9.17) is 0 Å². The van der Waals surface area contributed by atoms with E-state index in [0.717, 1.165) is 11.1 Å². The number of β-lactam (4-membered cyclic amide) rings is 1. The third-order valence-electron chi connectivity index (χ3n) is 4.37. The lowest BCUT2D eigenvalue weighted by Crippen LogP contribution is -2.46. The number of rotatable bonds is 8. The van der Waals surface area contributed by atoms with Crippen LogP contribution in [0.4, 0.5) is 0 Å². The van der Waals surface area contributed by atoms with Gasteiger partial charge in [-0.05, 0) is 11.1 Å². The lowest BCUT2D eigenvalue weighted by atomic mass is 10.1. The Morgan fingerprint density at radius 2 is 1.68 bits per heavy atom. The van der Waals surface area contributed by atoms with Crippen molar-refractivity contribution in [2.24, 2.45) is 0 Å². The number of benzene rings is 2. The van der Waals surface area contributed by atoms with Crippen molar-refractivity contribution in [2.45, 2.75) is 23.8 Å². The highest BCUT2D eigenvalue weighted by atomic mass is 32.2. The molecule has 130 valence electrons. The molecule has 0 aliphatic carbocycles. The molecule has 0 spiro atoms. The Morgan fingerprint density at radius 3 is 2.24 bits per heavy atom. The SMILES string of the molecule is O=C(CC(c1ccccc1)S(=O)Cc1ccccc1)CN1CCC1=O. The summed E-state index contributed by atoms with van der Waals surface area (Å²) in [7, 11) is -1.21. The molecular weight excluding hydrogens is 334 g/mol. The zero-order valence-electron chi connectivity index (χ0n) is 14.0. The zero-order valence-corrected chi connectivity index (χ0v) is 14.8. The summed E-state index contributed by atoms with van der Waals surface area (Å²) in [5, 5.41) is -0.356. The van der Waals surface area contributed by atoms with Gasteiger partial charge in [-0.3, -0.25) is 13.8 Å². The van der Waals surface area contributed by atoms with Crippen LogP contribution in [-0.2, 0) is 26.1 Å². The number of likely N-dealkylation sites (tertiary alicyclic amines) is 1. The molecule has 0 aromatic heterocycles. The third kappa shape index (κ3) is 4.63. The molecule has 1 aliphatic heterocycles. The molecule has 1 fully saturated rings. The summed E-state index contributed by atoms with van der Waals surface area (Å²) in [6.45, 7) is 0.776. The number of carbonyl (C=O) groups is 2. The van der Waals surface area contributed by atoms with Gasteiger partial charge in [0.2, 0.25) is 5.91 Å². The number of hydrogen-bond acceptors (Lipinski definition) is 3. The molecule has 3 rings (SSSR count). The molecule has 0 N–H and O–H groups in total. The lowest BCUT2D eigenvalue weighted by molar-refractivity contribution is -0.143. The maximum atomic E-state index is 13.0. The van der Waals surface area contributed by atoms with E-state index in [9.17, 15) is 13.8 Å². The Balaban J connectivity index is 1.72. The molecule has 1 amide bonds. The van der Waals surface area contributed by atoms with Crippen LogP contribution in [0.2, 0.25) is 0 Å². The summed E-state index contributed by atoms with van der Waals surface area (Å²) in [6.07, 6.45) is 0.711. The van der Waals surface area contributed by atoms with Gasteiger partial charge in [0.25, 0.3) is 0 Å². The van der Waals surface area contributed by atoms with Gasteiger partial charge >= 0.3 is 0 Å². The molecule has 5 heteroatoms. The van der Waals surface area contributed by atoms with E-state index in [0.29, 0.717) is 18.7 Å². The molecule has 2 aromatic rings. The van der Waals surface area contributed by atoms with Crippen molar-refractivity contribution in [3.8, 4) is 0 Å². The quantitative estimate of drug-likeness (QED) is 0.684. The van der Waals surface area contributed by atoms with Crippen LogP contribution in [0.3, 0.4) is 0 Å². The number of carbonyl (C=O) groups excluding carboxylic acids is 2. The number of amides is 1. The molecule has 2 aromatic carbocycles. The van der Waals surface area contributed by atoms with Gasteiger partial charge in [-0.15, -0.1) is 0 Å². The minimum Gasteiger partial charge on any atom is -0.335 e. The largest absolute Gasteiger partial charge is 0.335 e. The van der Waals surface area contributed by atoms with Crippen LogP contribution in [0.25, 0.3) is 0 Å². The first-order valence-corrected chi connectivity index (χ1v) is 9.77. The standard InChI is InChI=1S/C20H21NO3S/c22-18(14-21-12-11-20(21)23)13-19(17-9-5-2-6-10-17)25(24)15-16-7-3-1-4-8-16/h1-10,19H,11-15H2. The number of Topliss-reactive ketones (excluding diaryl/α,β-unsaturated/α-hetero) is 1. The van der Waals surface area contributed by atoms with Crippen molar-refractivity contribution in [3.05, 3.63) is 71.8 Å². The van der Waals surface area contributed by atoms with E-state index in [2.05, 4.69) is 0 Å². The fraction of sp³-hybridized carbons (Fsp3) is 0.300. The van der Waals surface area contributed by atoms with Crippen molar-refractivity contribution in [3.63, 3.8) is 0 Å². The smallest absolute Gasteiger partial charge is 0.224 e. The summed E-state index contributed by atoms with van der Waals surface area (Å²) in [5.41, 5.74) is 1.90. The van der Waals surface area contributed by atoms with Gasteiger partial charge in [-0.1, -0.05) is 60.7 Å². The van der Waals surface area contributed by atoms with Gasteiger partial charge in [0.15, 0.2) is 5.78 Å². The minimum absolute atomic E-state index is 0.0232. The lowest BCUT2D eigenvalue weighted by Gasteiger charge is -2.30. The van der Waals surface area contributed by atoms with Crippen LogP contribution in [0.15, 0.2) is 60.7 Å². The highest BCUT2D eigenvalue weighted by Gasteiger charge is 2.28. The van der Waals surface area contributed by atoms with Crippen molar-refractivity contribution >= 4 is 22.5 Å². The van der Waals surface area contributed by atoms with E-state index < -0.39 is 10.8 Å². The highest BCUT2D eigenvalue weighted by molar-refractivity contribution is 7.84. The zero-order chi connectivity index (χ0) is 17.6. The average molecular weight is 355 g/mol. The van der Waals surface area contributed by atoms with Gasteiger partial charge in [0.1, 0.15) is 0 Å². The second-order valence-electron chi connectivity index (χ2n) is 6.22. The second-order valence-corrected chi connectivity index (χ2v) is 7.84. The number of nitrogens with zero attached hydrogens (tertiary/aromatic N) is 1. The predicted molar refractivity (Wildman–Crippen MR) is 98.3 cm³/mol. The molecule has 0 saturated carbocycles. The van der Waals surface area contributed by atoms with Crippen LogP contribution in [0, 0.1) is 0 Å². The summed E-state index contributed by atoms with van der Waals surface area (Å²) in [5.74, 6) is 0.398. The molecule has 25 heavy (non-hydrogen) atoms. The topological polar surface area (TPSA) is 54.5 Å². The van der Waals surface area contributed by atoms with Gasteiger partial charge in [0.05, 0.1) is 11.8 Å². The van der Waals surface area contributed by atoms with Crippen LogP contribution >= 0.6 is 0 Å². The van der Waals surface area contributed by atoms with Crippen molar-refractivity contribution in [1.29, 1.82) is 0 Å². The highest BCUT2D eigenvalue weighted by Crippen LogP contribution is 2.27. The molecular formula is C20H21NO3S. The van der Waals surface area contributed by atoms with Gasteiger partial charge in [0, 0.05) is 35.9 Å². The van der Waals surface area contributed by atoms with Crippen molar-refractivity contribution in [1.82, 2.24) is 4.90 Å².